The van der Waals surface area contributed by atoms with Gasteiger partial charge in [-0.15, -0.1) is 0 Å². The fraction of sp³-hybridized carbons (Fsp3) is 0.250. The molecule has 0 spiro atoms. The van der Waals surface area contributed by atoms with Crippen LogP contribution >= 0.6 is 0 Å². The van der Waals surface area contributed by atoms with Crippen LogP contribution in [0.15, 0.2) is 23.8 Å². The number of fused-ring (bicyclic) bond motifs is 1. The van der Waals surface area contributed by atoms with E-state index < -0.39 is 0 Å². The second-order valence-corrected chi connectivity index (χ2v) is 3.33. The van der Waals surface area contributed by atoms with Crippen LogP contribution in [0, 0.1) is 11.3 Å². The van der Waals surface area contributed by atoms with Gasteiger partial charge < -0.3 is 14.2 Å². The molecule has 16 heavy (non-hydrogen) atoms. The number of ether oxygens (including phenoxy) is 3. The number of benzene rings is 1. The number of nitrogens with zero attached hydrogens (tertiary/aromatic N) is 1. The van der Waals surface area contributed by atoms with Crippen molar-refractivity contribution in [2.45, 2.75) is 0 Å². The van der Waals surface area contributed by atoms with Crippen LogP contribution in [0.1, 0.15) is 5.56 Å². The van der Waals surface area contributed by atoms with Crippen molar-refractivity contribution in [3.8, 4) is 17.6 Å². The molecule has 1 heterocycles. The van der Waals surface area contributed by atoms with Crippen LogP contribution in [0.25, 0.3) is 6.08 Å². The molecular weight excluding hydrogens is 206 g/mol. The zero-order valence-electron chi connectivity index (χ0n) is 8.90. The van der Waals surface area contributed by atoms with Gasteiger partial charge >= 0.3 is 0 Å². The molecule has 0 amide bonds. The summed E-state index contributed by atoms with van der Waals surface area (Å²) in [7, 11) is 1.56. The molecule has 82 valence electrons. The third-order valence-corrected chi connectivity index (χ3v) is 2.18. The lowest BCUT2D eigenvalue weighted by molar-refractivity contribution is 0.174. The first-order chi connectivity index (χ1) is 7.83. The Morgan fingerprint density at radius 1 is 1.50 bits per heavy atom. The highest BCUT2D eigenvalue weighted by molar-refractivity contribution is 5.61. The Hall–Kier alpha value is -1.99. The van der Waals surface area contributed by atoms with E-state index in [0.717, 1.165) is 11.3 Å². The maximum absolute atomic E-state index is 8.86. The molecule has 1 aromatic carbocycles. The van der Waals surface area contributed by atoms with E-state index in [4.69, 9.17) is 19.5 Å². The summed E-state index contributed by atoms with van der Waals surface area (Å²) >= 11 is 0. The molecule has 0 N–H and O–H groups in total. The first-order valence-electron chi connectivity index (χ1n) is 4.83. The molecule has 4 nitrogen and oxygen atoms in total. The second-order valence-electron chi connectivity index (χ2n) is 3.33. The minimum atomic E-state index is 0.256. The Labute approximate surface area is 93.7 Å². The lowest BCUT2D eigenvalue weighted by Crippen LogP contribution is -1.93. The summed E-state index contributed by atoms with van der Waals surface area (Å²) in [5.41, 5.74) is 1.47. The van der Waals surface area contributed by atoms with Crippen LogP contribution in [0.2, 0.25) is 0 Å². The molecule has 2 rings (SSSR count). The summed E-state index contributed by atoms with van der Waals surface area (Å²) in [5, 5.41) is 8.86. The Morgan fingerprint density at radius 2 is 2.31 bits per heavy atom. The van der Waals surface area contributed by atoms with Crippen LogP contribution in [-0.4, -0.2) is 20.5 Å². The average molecular weight is 217 g/mol. The molecule has 0 saturated heterocycles. The Balaban J connectivity index is 2.25. The third-order valence-electron chi connectivity index (χ3n) is 2.18. The van der Waals surface area contributed by atoms with Crippen LogP contribution < -0.4 is 9.47 Å². The normalized spacial score (nSPS) is 13.6. The molecule has 0 radical (unpaired) electrons. The largest absolute Gasteiger partial charge is 0.454 e. The van der Waals surface area contributed by atoms with Crippen molar-refractivity contribution in [1.82, 2.24) is 0 Å². The summed E-state index contributed by atoms with van der Waals surface area (Å²) < 4.78 is 15.4. The van der Waals surface area contributed by atoms with Crippen LogP contribution in [0.3, 0.4) is 0 Å². The van der Waals surface area contributed by atoms with Crippen LogP contribution in [0.5, 0.6) is 11.5 Å². The highest BCUT2D eigenvalue weighted by atomic mass is 16.7. The summed E-state index contributed by atoms with van der Waals surface area (Å²) in [6, 6.07) is 7.63. The molecule has 0 bridgehead atoms. The van der Waals surface area contributed by atoms with Gasteiger partial charge in [-0.05, 0) is 23.8 Å². The lowest BCUT2D eigenvalue weighted by atomic mass is 10.1. The molecule has 0 fully saturated rings. The number of rotatable bonds is 3. The molecule has 0 aliphatic carbocycles. The zero-order chi connectivity index (χ0) is 11.4. The summed E-state index contributed by atoms with van der Waals surface area (Å²) in [4.78, 5) is 0. The highest BCUT2D eigenvalue weighted by Gasteiger charge is 2.12. The molecule has 0 aromatic heterocycles. The fourth-order valence-electron chi connectivity index (χ4n) is 1.47. The van der Waals surface area contributed by atoms with Gasteiger partial charge in [0.2, 0.25) is 6.79 Å². The maximum Gasteiger partial charge on any atom is 0.231 e. The smallest absolute Gasteiger partial charge is 0.231 e. The van der Waals surface area contributed by atoms with Gasteiger partial charge in [0.15, 0.2) is 11.5 Å². The summed E-state index contributed by atoms with van der Waals surface area (Å²) in [5.74, 6) is 1.45. The van der Waals surface area contributed by atoms with E-state index in [0.29, 0.717) is 17.9 Å². The molecule has 1 aliphatic heterocycles. The van der Waals surface area contributed by atoms with Gasteiger partial charge in [-0.3, -0.25) is 0 Å². The summed E-state index contributed by atoms with van der Waals surface area (Å²) in [6.45, 7) is 0.566. The van der Waals surface area contributed by atoms with Gasteiger partial charge in [0.05, 0.1) is 18.2 Å². The molecule has 0 atom stereocenters. The minimum absolute atomic E-state index is 0.256. The third kappa shape index (κ3) is 2.15. The number of nitriles is 1. The minimum Gasteiger partial charge on any atom is -0.454 e. The average Bonchev–Trinajstić information content (AvgIpc) is 2.75. The van der Waals surface area contributed by atoms with E-state index in [1.165, 1.54) is 0 Å². The summed E-state index contributed by atoms with van der Waals surface area (Å²) in [6.07, 6.45) is 1.77. The van der Waals surface area contributed by atoms with Crippen LogP contribution in [-0.2, 0) is 4.74 Å². The Morgan fingerprint density at radius 3 is 3.06 bits per heavy atom. The SMILES string of the molecule is COC/C(C#N)=C/c1ccc2c(c1)OCO2. The Bertz CT molecular complexity index is 460. The van der Waals surface area contributed by atoms with E-state index in [2.05, 4.69) is 6.07 Å². The molecule has 4 heteroatoms. The first kappa shape index (κ1) is 10.5. The second kappa shape index (κ2) is 4.69. The molecule has 1 aromatic rings. The standard InChI is InChI=1S/C12H11NO3/c1-14-7-10(6-13)4-9-2-3-11-12(5-9)16-8-15-11/h2-5H,7-8H2,1H3/b10-4+. The number of hydrogen-bond acceptors (Lipinski definition) is 4. The fourth-order valence-corrected chi connectivity index (χ4v) is 1.47. The van der Waals surface area contributed by atoms with Crippen molar-refractivity contribution in [2.24, 2.45) is 0 Å². The van der Waals surface area contributed by atoms with Gasteiger partial charge in [0.1, 0.15) is 0 Å². The van der Waals surface area contributed by atoms with Crippen molar-refractivity contribution >= 4 is 6.08 Å². The van der Waals surface area contributed by atoms with Gasteiger partial charge in [-0.2, -0.15) is 5.26 Å². The molecule has 0 unspecified atom stereocenters. The van der Waals surface area contributed by atoms with Crippen LogP contribution in [0.4, 0.5) is 0 Å². The van der Waals surface area contributed by atoms with Crippen molar-refractivity contribution < 1.29 is 14.2 Å². The molecule has 0 saturated carbocycles. The number of hydrogen-bond donors (Lipinski definition) is 0. The van der Waals surface area contributed by atoms with E-state index >= 15 is 0 Å². The predicted octanol–water partition coefficient (Wildman–Crippen LogP) is 1.97. The maximum atomic E-state index is 8.86. The van der Waals surface area contributed by atoms with Gasteiger partial charge in [-0.25, -0.2) is 0 Å². The van der Waals surface area contributed by atoms with Gasteiger partial charge in [0, 0.05) is 7.11 Å². The van der Waals surface area contributed by atoms with E-state index in [-0.39, 0.29) is 6.79 Å². The quantitative estimate of drug-likeness (QED) is 0.726. The molecular formula is C12H11NO3. The predicted molar refractivity (Wildman–Crippen MR) is 58.0 cm³/mol. The number of methoxy groups -OCH3 is 1. The Kier molecular flexibility index (Phi) is 3.08. The topological polar surface area (TPSA) is 51.5 Å². The highest BCUT2D eigenvalue weighted by Crippen LogP contribution is 2.32. The van der Waals surface area contributed by atoms with E-state index in [9.17, 15) is 0 Å². The molecule has 1 aliphatic rings. The van der Waals surface area contributed by atoms with Crippen molar-refractivity contribution in [2.75, 3.05) is 20.5 Å². The zero-order valence-corrected chi connectivity index (χ0v) is 8.90. The first-order valence-corrected chi connectivity index (χ1v) is 4.83. The van der Waals surface area contributed by atoms with Crippen molar-refractivity contribution in [1.29, 1.82) is 5.26 Å². The van der Waals surface area contributed by atoms with Gasteiger partial charge in [0.25, 0.3) is 0 Å². The monoisotopic (exact) mass is 217 g/mol. The van der Waals surface area contributed by atoms with E-state index in [1.54, 1.807) is 13.2 Å². The van der Waals surface area contributed by atoms with Gasteiger partial charge in [-0.1, -0.05) is 6.07 Å². The van der Waals surface area contributed by atoms with E-state index in [1.807, 2.05) is 18.2 Å². The van der Waals surface area contributed by atoms with Crippen molar-refractivity contribution in [3.63, 3.8) is 0 Å². The lowest BCUT2D eigenvalue weighted by Gasteiger charge is -1.99. The van der Waals surface area contributed by atoms with Crippen molar-refractivity contribution in [3.05, 3.63) is 29.3 Å².